The lowest BCUT2D eigenvalue weighted by Crippen LogP contribution is -1.99. The van der Waals surface area contributed by atoms with E-state index in [-0.39, 0.29) is 0 Å². The molecule has 1 aromatic heterocycles. The smallest absolute Gasteiger partial charge is 0.247 e. The third-order valence-corrected chi connectivity index (χ3v) is 3.39. The Morgan fingerprint density at radius 1 is 1.04 bits per heavy atom. The van der Waals surface area contributed by atoms with E-state index >= 15 is 0 Å². The molecule has 0 atom stereocenters. The number of anilines is 1. The lowest BCUT2D eigenvalue weighted by molar-refractivity contribution is 0.340. The fourth-order valence-electron chi connectivity index (χ4n) is 2.21. The molecule has 3 rings (SSSR count). The molecule has 0 saturated heterocycles. The number of hydrogen-bond donors (Lipinski definition) is 1. The minimum Gasteiger partial charge on any atom is -0.497 e. The van der Waals surface area contributed by atoms with E-state index in [4.69, 9.17) is 13.9 Å². The van der Waals surface area contributed by atoms with Crippen LogP contribution in [0.1, 0.15) is 12.8 Å². The molecule has 0 saturated carbocycles. The fraction of sp³-hybridized carbons (Fsp3) is 0.222. The first-order valence-electron chi connectivity index (χ1n) is 7.72. The van der Waals surface area contributed by atoms with Crippen molar-refractivity contribution in [3.05, 3.63) is 54.4 Å². The standard InChI is InChI=1S/C18H19N3O3/c1-3-23-15-9-7-14(8-10-15)19-12-17-20-21-18(24-17)13-5-4-6-16(11-13)22-2/h4-11,19H,3,12H2,1-2H3. The number of ether oxygens (including phenoxy) is 2. The lowest BCUT2D eigenvalue weighted by Gasteiger charge is -2.06. The molecule has 6 nitrogen and oxygen atoms in total. The van der Waals surface area contributed by atoms with Crippen molar-refractivity contribution in [1.82, 2.24) is 10.2 Å². The molecule has 0 aliphatic heterocycles. The third kappa shape index (κ3) is 3.84. The van der Waals surface area contributed by atoms with Crippen molar-refractivity contribution >= 4 is 5.69 Å². The average molecular weight is 325 g/mol. The number of aromatic nitrogens is 2. The van der Waals surface area contributed by atoms with Crippen molar-refractivity contribution in [2.45, 2.75) is 13.5 Å². The fourth-order valence-corrected chi connectivity index (χ4v) is 2.21. The van der Waals surface area contributed by atoms with Gasteiger partial charge in [-0.25, -0.2) is 0 Å². The van der Waals surface area contributed by atoms with E-state index < -0.39 is 0 Å². The van der Waals surface area contributed by atoms with Crippen LogP contribution < -0.4 is 14.8 Å². The number of nitrogens with one attached hydrogen (secondary N) is 1. The average Bonchev–Trinajstić information content (AvgIpc) is 3.10. The summed E-state index contributed by atoms with van der Waals surface area (Å²) < 4.78 is 16.3. The van der Waals surface area contributed by atoms with Crippen LogP contribution in [0.2, 0.25) is 0 Å². The molecule has 24 heavy (non-hydrogen) atoms. The maximum atomic E-state index is 5.69. The largest absolute Gasteiger partial charge is 0.497 e. The molecular weight excluding hydrogens is 306 g/mol. The second-order valence-corrected chi connectivity index (χ2v) is 5.04. The Balaban J connectivity index is 1.63. The van der Waals surface area contributed by atoms with Gasteiger partial charge in [-0.1, -0.05) is 6.07 Å². The van der Waals surface area contributed by atoms with Crippen molar-refractivity contribution in [3.63, 3.8) is 0 Å². The van der Waals surface area contributed by atoms with E-state index in [2.05, 4.69) is 15.5 Å². The van der Waals surface area contributed by atoms with Gasteiger partial charge in [0.2, 0.25) is 11.8 Å². The number of hydrogen-bond acceptors (Lipinski definition) is 6. The Morgan fingerprint density at radius 3 is 2.62 bits per heavy atom. The van der Waals surface area contributed by atoms with E-state index in [0.717, 1.165) is 22.7 Å². The summed E-state index contributed by atoms with van der Waals surface area (Å²) in [5.41, 5.74) is 1.79. The summed E-state index contributed by atoms with van der Waals surface area (Å²) in [6.45, 7) is 3.06. The highest BCUT2D eigenvalue weighted by Crippen LogP contribution is 2.23. The van der Waals surface area contributed by atoms with Gasteiger partial charge >= 0.3 is 0 Å². The monoisotopic (exact) mass is 325 g/mol. The summed E-state index contributed by atoms with van der Waals surface area (Å²) >= 11 is 0. The first kappa shape index (κ1) is 15.9. The number of methoxy groups -OCH3 is 1. The minimum atomic E-state index is 0.449. The molecule has 1 N–H and O–H groups in total. The van der Waals surface area contributed by atoms with E-state index in [1.807, 2.05) is 55.5 Å². The molecule has 124 valence electrons. The van der Waals surface area contributed by atoms with Crippen LogP contribution in [-0.4, -0.2) is 23.9 Å². The van der Waals surface area contributed by atoms with Crippen molar-refractivity contribution in [2.75, 3.05) is 19.0 Å². The highest BCUT2D eigenvalue weighted by atomic mass is 16.5. The molecule has 0 radical (unpaired) electrons. The van der Waals surface area contributed by atoms with Crippen LogP contribution in [0.15, 0.2) is 52.9 Å². The molecule has 2 aromatic carbocycles. The maximum Gasteiger partial charge on any atom is 0.247 e. The van der Waals surface area contributed by atoms with Crippen LogP contribution in [0.4, 0.5) is 5.69 Å². The van der Waals surface area contributed by atoms with Gasteiger partial charge in [0.05, 0.1) is 20.3 Å². The molecule has 3 aromatic rings. The second kappa shape index (κ2) is 7.50. The third-order valence-electron chi connectivity index (χ3n) is 3.39. The van der Waals surface area contributed by atoms with Gasteiger partial charge in [-0.2, -0.15) is 0 Å². The first-order chi connectivity index (χ1) is 11.8. The van der Waals surface area contributed by atoms with Crippen molar-refractivity contribution in [1.29, 1.82) is 0 Å². The summed E-state index contributed by atoms with van der Waals surface area (Å²) in [7, 11) is 1.62. The van der Waals surface area contributed by atoms with Crippen LogP contribution in [0.3, 0.4) is 0 Å². The summed E-state index contributed by atoms with van der Waals surface area (Å²) in [6, 6.07) is 15.2. The Hall–Kier alpha value is -3.02. The summed E-state index contributed by atoms with van der Waals surface area (Å²) in [5.74, 6) is 2.58. The molecule has 0 unspecified atom stereocenters. The van der Waals surface area contributed by atoms with Crippen molar-refractivity contribution < 1.29 is 13.9 Å². The summed E-state index contributed by atoms with van der Waals surface area (Å²) in [4.78, 5) is 0. The Labute approximate surface area is 140 Å². The molecular formula is C18H19N3O3. The summed E-state index contributed by atoms with van der Waals surface area (Å²) in [5, 5.41) is 11.4. The Morgan fingerprint density at radius 2 is 1.88 bits per heavy atom. The molecule has 0 spiro atoms. The number of rotatable bonds is 7. The predicted molar refractivity (Wildman–Crippen MR) is 91.2 cm³/mol. The zero-order valence-corrected chi connectivity index (χ0v) is 13.7. The number of benzene rings is 2. The first-order valence-corrected chi connectivity index (χ1v) is 7.72. The number of nitrogens with zero attached hydrogens (tertiary/aromatic N) is 2. The Bertz CT molecular complexity index is 784. The molecule has 0 bridgehead atoms. The maximum absolute atomic E-state index is 5.69. The Kier molecular flexibility index (Phi) is 4.96. The van der Waals surface area contributed by atoms with Gasteiger partial charge in [0.15, 0.2) is 0 Å². The van der Waals surface area contributed by atoms with Crippen molar-refractivity contribution in [2.24, 2.45) is 0 Å². The van der Waals surface area contributed by atoms with Crippen LogP contribution in [0.5, 0.6) is 11.5 Å². The highest BCUT2D eigenvalue weighted by Gasteiger charge is 2.09. The van der Waals surface area contributed by atoms with E-state index in [1.165, 1.54) is 0 Å². The van der Waals surface area contributed by atoms with Gasteiger partial charge in [-0.05, 0) is 49.4 Å². The summed E-state index contributed by atoms with van der Waals surface area (Å²) in [6.07, 6.45) is 0. The van der Waals surface area contributed by atoms with Crippen molar-refractivity contribution in [3.8, 4) is 23.0 Å². The van der Waals surface area contributed by atoms with E-state index in [9.17, 15) is 0 Å². The quantitative estimate of drug-likeness (QED) is 0.713. The van der Waals surface area contributed by atoms with Gasteiger partial charge in [0, 0.05) is 11.3 Å². The zero-order chi connectivity index (χ0) is 16.8. The molecule has 0 aliphatic rings. The highest BCUT2D eigenvalue weighted by molar-refractivity contribution is 5.55. The molecule has 0 amide bonds. The van der Waals surface area contributed by atoms with E-state index in [1.54, 1.807) is 7.11 Å². The van der Waals surface area contributed by atoms with Crippen LogP contribution in [-0.2, 0) is 6.54 Å². The molecule has 1 heterocycles. The zero-order valence-electron chi connectivity index (χ0n) is 13.7. The van der Waals surface area contributed by atoms with Gasteiger partial charge in [0.1, 0.15) is 11.5 Å². The normalized spacial score (nSPS) is 10.4. The lowest BCUT2D eigenvalue weighted by atomic mass is 10.2. The topological polar surface area (TPSA) is 69.4 Å². The van der Waals surface area contributed by atoms with Crippen LogP contribution >= 0.6 is 0 Å². The minimum absolute atomic E-state index is 0.449. The van der Waals surface area contributed by atoms with Gasteiger partial charge in [0.25, 0.3) is 0 Å². The predicted octanol–water partition coefficient (Wildman–Crippen LogP) is 3.76. The molecule has 0 aliphatic carbocycles. The van der Waals surface area contributed by atoms with Crippen LogP contribution in [0.25, 0.3) is 11.5 Å². The second-order valence-electron chi connectivity index (χ2n) is 5.04. The van der Waals surface area contributed by atoms with Crippen LogP contribution in [0, 0.1) is 0 Å². The van der Waals surface area contributed by atoms with Gasteiger partial charge in [-0.3, -0.25) is 0 Å². The molecule has 6 heteroatoms. The molecule has 0 fully saturated rings. The van der Waals surface area contributed by atoms with E-state index in [0.29, 0.717) is 24.9 Å². The van der Waals surface area contributed by atoms with Gasteiger partial charge < -0.3 is 19.2 Å². The SMILES string of the molecule is CCOc1ccc(NCc2nnc(-c3cccc(OC)c3)o2)cc1. The van der Waals surface area contributed by atoms with Gasteiger partial charge in [-0.15, -0.1) is 10.2 Å².